The van der Waals surface area contributed by atoms with Crippen molar-refractivity contribution >= 4 is 165 Å². The largest absolute Gasteiger partial charge is 0.456 e. The van der Waals surface area contributed by atoms with Gasteiger partial charge in [-0.2, -0.15) is 0 Å². The first-order valence-electron chi connectivity index (χ1n) is 41.6. The van der Waals surface area contributed by atoms with E-state index in [1.165, 1.54) is 109 Å². The smallest absolute Gasteiger partial charge is 0.135 e. The molecule has 6 aromatic heterocycles. The molecular formula is C114H74N6O2. The maximum Gasteiger partial charge on any atom is 0.135 e. The number of benzene rings is 19. The molecule has 0 atom stereocenters. The number of anilines is 6. The van der Waals surface area contributed by atoms with Crippen molar-refractivity contribution in [3.05, 3.63) is 449 Å². The van der Waals surface area contributed by atoms with Gasteiger partial charge in [-0.25, -0.2) is 0 Å². The fourth-order valence-electron chi connectivity index (χ4n) is 19.0. The highest BCUT2D eigenvalue weighted by Crippen LogP contribution is 2.46. The van der Waals surface area contributed by atoms with Crippen LogP contribution < -0.4 is 9.80 Å². The molecule has 19 aromatic carbocycles. The summed E-state index contributed by atoms with van der Waals surface area (Å²) in [5, 5.41) is 14.4. The molecule has 25 rings (SSSR count). The second kappa shape index (κ2) is 28.7. The highest BCUT2D eigenvalue weighted by atomic mass is 16.3. The average molecular weight is 1560 g/mol. The fraction of sp³-hybridized carbons (Fsp3) is 0. The van der Waals surface area contributed by atoms with E-state index in [2.05, 4.69) is 453 Å². The predicted molar refractivity (Wildman–Crippen MR) is 510 cm³/mol. The summed E-state index contributed by atoms with van der Waals surface area (Å²) in [6, 6.07) is 161. The first kappa shape index (κ1) is 69.8. The van der Waals surface area contributed by atoms with Crippen LogP contribution in [-0.4, -0.2) is 18.3 Å². The molecule has 6 heterocycles. The Morgan fingerprint density at radius 2 is 0.361 bits per heavy atom. The van der Waals surface area contributed by atoms with Crippen molar-refractivity contribution in [1.82, 2.24) is 18.3 Å². The minimum Gasteiger partial charge on any atom is -0.456 e. The molecule has 25 aromatic rings. The van der Waals surface area contributed by atoms with Crippen LogP contribution in [0.5, 0.6) is 0 Å². The third-order valence-corrected chi connectivity index (χ3v) is 24.6. The van der Waals surface area contributed by atoms with Gasteiger partial charge in [-0.05, 0) is 240 Å². The first-order chi connectivity index (χ1) is 60.5. The molecule has 8 heteroatoms. The number of hydrogen-bond acceptors (Lipinski definition) is 4. The van der Waals surface area contributed by atoms with Gasteiger partial charge in [0.2, 0.25) is 0 Å². The molecule has 8 nitrogen and oxygen atoms in total. The van der Waals surface area contributed by atoms with Crippen molar-refractivity contribution in [2.24, 2.45) is 0 Å². The number of furan rings is 2. The standard InChI is InChI=1S/C60H39N3O.C54H35N3O/c1-2-12-44(13-3-1)62-57-20-10-6-16-51(57)53-38-43(28-36-58(53)62)42-26-31-46(32-27-42)61(48-35-37-60-54(39-48)52-17-7-11-21-59(52)64-60)45-29-22-40(23-30-45)41-24-33-47(34-25-41)63-55-18-8-4-14-49(55)50-15-5-9-19-56(50)63;1-2-12-38(13-3-1)56-51-20-10-6-16-45(51)47-34-37(24-32-52(47)56)36-22-25-39(26-23-36)55(42-31-33-54-48(35-42)46-17-7-11-21-53(46)58-54)40-27-29-41(30-28-40)57-49-18-8-4-14-43(49)44-15-5-9-19-50(44)57/h1-39H;1-35H. The maximum atomic E-state index is 6.26. The molecule has 0 unspecified atom stereocenters. The molecule has 0 radical (unpaired) electrons. The minimum absolute atomic E-state index is 0.879. The van der Waals surface area contributed by atoms with Crippen LogP contribution in [0, 0.1) is 0 Å². The van der Waals surface area contributed by atoms with E-state index in [9.17, 15) is 0 Å². The van der Waals surface area contributed by atoms with Crippen molar-refractivity contribution in [2.75, 3.05) is 9.80 Å². The van der Waals surface area contributed by atoms with Crippen molar-refractivity contribution in [3.63, 3.8) is 0 Å². The van der Waals surface area contributed by atoms with Gasteiger partial charge in [0, 0.05) is 122 Å². The number of rotatable bonds is 13. The Balaban J connectivity index is 0.000000139. The number of para-hydroxylation sites is 10. The number of fused-ring (bicyclic) bond motifs is 18. The maximum absolute atomic E-state index is 6.26. The molecule has 0 N–H and O–H groups in total. The summed E-state index contributed by atoms with van der Waals surface area (Å²) in [5.41, 5.74) is 31.2. The van der Waals surface area contributed by atoms with Gasteiger partial charge in [-0.15, -0.1) is 0 Å². The topological polar surface area (TPSA) is 52.5 Å². The van der Waals surface area contributed by atoms with E-state index in [1.807, 2.05) is 24.3 Å². The molecule has 0 bridgehead atoms. The summed E-state index contributed by atoms with van der Waals surface area (Å²) in [6.45, 7) is 0. The van der Waals surface area contributed by atoms with Crippen molar-refractivity contribution in [1.29, 1.82) is 0 Å². The van der Waals surface area contributed by atoms with E-state index in [0.717, 1.165) is 112 Å². The van der Waals surface area contributed by atoms with Crippen LogP contribution in [0.4, 0.5) is 34.1 Å². The Hall–Kier alpha value is -16.4. The van der Waals surface area contributed by atoms with E-state index in [-0.39, 0.29) is 0 Å². The molecule has 0 fully saturated rings. The van der Waals surface area contributed by atoms with Crippen LogP contribution in [0.25, 0.3) is 187 Å². The van der Waals surface area contributed by atoms with E-state index in [4.69, 9.17) is 8.83 Å². The van der Waals surface area contributed by atoms with E-state index in [0.29, 0.717) is 0 Å². The predicted octanol–water partition coefficient (Wildman–Crippen LogP) is 31.5. The van der Waals surface area contributed by atoms with Crippen LogP contribution in [0.2, 0.25) is 0 Å². The third kappa shape index (κ3) is 11.7. The van der Waals surface area contributed by atoms with E-state index >= 15 is 0 Å². The van der Waals surface area contributed by atoms with Gasteiger partial charge in [0.25, 0.3) is 0 Å². The number of hydrogen-bond donors (Lipinski definition) is 0. The zero-order valence-electron chi connectivity index (χ0n) is 66.2. The molecule has 0 spiro atoms. The van der Waals surface area contributed by atoms with Crippen molar-refractivity contribution in [2.45, 2.75) is 0 Å². The number of aromatic nitrogens is 4. The molecule has 0 aliphatic heterocycles. The van der Waals surface area contributed by atoms with Gasteiger partial charge >= 0.3 is 0 Å². The van der Waals surface area contributed by atoms with Gasteiger partial charge in [0.05, 0.1) is 44.1 Å². The van der Waals surface area contributed by atoms with Gasteiger partial charge in [-0.3, -0.25) is 0 Å². The number of nitrogens with zero attached hydrogens (tertiary/aromatic N) is 6. The second-order valence-electron chi connectivity index (χ2n) is 31.5. The van der Waals surface area contributed by atoms with Crippen LogP contribution in [0.3, 0.4) is 0 Å². The molecule has 572 valence electrons. The fourth-order valence-corrected chi connectivity index (χ4v) is 19.0. The second-order valence-corrected chi connectivity index (χ2v) is 31.5. The lowest BCUT2D eigenvalue weighted by molar-refractivity contribution is 0.668. The summed E-state index contributed by atoms with van der Waals surface area (Å²) < 4.78 is 22.0. The average Bonchev–Trinajstić information content (AvgIpc) is 1.60. The Morgan fingerprint density at radius 3 is 0.697 bits per heavy atom. The molecular weight excluding hydrogens is 1490 g/mol. The Bertz CT molecular complexity index is 8250. The monoisotopic (exact) mass is 1560 g/mol. The SMILES string of the molecule is c1ccc(-n2c3ccccc3c3cc(-c4ccc(N(c5ccc(-c6ccc(-n7c8ccccc8c8ccccc87)cc6)cc5)c5ccc6oc7ccccc7c6c5)cc4)ccc32)cc1.c1ccc(-n2c3ccccc3c3cc(-c4ccc(N(c5ccc(-n6c7ccccc7c7ccccc76)cc5)c5ccc6oc7ccccc7c6c5)cc4)ccc32)cc1. The third-order valence-electron chi connectivity index (χ3n) is 24.6. The minimum atomic E-state index is 0.879. The molecule has 0 saturated carbocycles. The van der Waals surface area contributed by atoms with Crippen LogP contribution in [0.15, 0.2) is 458 Å². The van der Waals surface area contributed by atoms with Crippen LogP contribution in [0.1, 0.15) is 0 Å². The summed E-state index contributed by atoms with van der Waals surface area (Å²) >= 11 is 0. The zero-order valence-corrected chi connectivity index (χ0v) is 66.2. The highest BCUT2D eigenvalue weighted by Gasteiger charge is 2.23. The Kier molecular flexibility index (Phi) is 16.5. The van der Waals surface area contributed by atoms with Gasteiger partial charge in [0.1, 0.15) is 22.3 Å². The summed E-state index contributed by atoms with van der Waals surface area (Å²) in [7, 11) is 0. The highest BCUT2D eigenvalue weighted by molar-refractivity contribution is 6.15. The van der Waals surface area contributed by atoms with Gasteiger partial charge < -0.3 is 36.9 Å². The summed E-state index contributed by atoms with van der Waals surface area (Å²) in [5.74, 6) is 0. The molecule has 0 aliphatic rings. The van der Waals surface area contributed by atoms with E-state index in [1.54, 1.807) is 0 Å². The molecule has 0 amide bonds. The lowest BCUT2D eigenvalue weighted by Crippen LogP contribution is -2.10. The molecule has 0 saturated heterocycles. The Morgan fingerprint density at radius 1 is 0.139 bits per heavy atom. The summed E-state index contributed by atoms with van der Waals surface area (Å²) in [4.78, 5) is 4.69. The van der Waals surface area contributed by atoms with Crippen LogP contribution >= 0.6 is 0 Å². The molecule has 122 heavy (non-hydrogen) atoms. The van der Waals surface area contributed by atoms with Crippen molar-refractivity contribution < 1.29 is 8.83 Å². The van der Waals surface area contributed by atoms with Crippen LogP contribution in [-0.2, 0) is 0 Å². The van der Waals surface area contributed by atoms with Gasteiger partial charge in [-0.1, -0.05) is 243 Å². The zero-order chi connectivity index (χ0) is 80.3. The van der Waals surface area contributed by atoms with E-state index < -0.39 is 0 Å². The first-order valence-corrected chi connectivity index (χ1v) is 41.6. The van der Waals surface area contributed by atoms with Crippen molar-refractivity contribution in [3.8, 4) is 56.1 Å². The quantitative estimate of drug-likeness (QED) is 0.115. The normalized spacial score (nSPS) is 11.8. The van der Waals surface area contributed by atoms with Gasteiger partial charge in [0.15, 0.2) is 0 Å². The lowest BCUT2D eigenvalue weighted by Gasteiger charge is -2.26. The lowest BCUT2D eigenvalue weighted by atomic mass is 10.0. The summed E-state index contributed by atoms with van der Waals surface area (Å²) in [6.07, 6.45) is 0. The Labute approximate surface area is 702 Å². The molecule has 0 aliphatic carbocycles.